The zero-order chi connectivity index (χ0) is 15.7. The van der Waals surface area contributed by atoms with Gasteiger partial charge < -0.3 is 28.4 Å². The molecule has 130 valence electrons. The Balaban J connectivity index is 1.26. The molecular weight excluding hydrogens is 288 g/mol. The van der Waals surface area contributed by atoms with Crippen LogP contribution >= 0.6 is 0 Å². The van der Waals surface area contributed by atoms with Crippen molar-refractivity contribution < 1.29 is 28.4 Å². The molecule has 2 rings (SSSR count). The van der Waals surface area contributed by atoms with Crippen LogP contribution in [0.25, 0.3) is 0 Å². The molecule has 0 aromatic heterocycles. The van der Waals surface area contributed by atoms with E-state index in [0.717, 1.165) is 39.6 Å². The van der Waals surface area contributed by atoms with Crippen molar-refractivity contribution in [1.82, 2.24) is 0 Å². The lowest BCUT2D eigenvalue weighted by Gasteiger charge is -2.37. The summed E-state index contributed by atoms with van der Waals surface area (Å²) in [4.78, 5) is 0. The van der Waals surface area contributed by atoms with E-state index < -0.39 is 0 Å². The molecule has 2 heterocycles. The molecule has 0 amide bonds. The summed E-state index contributed by atoms with van der Waals surface area (Å²) in [6.07, 6.45) is 0. The van der Waals surface area contributed by atoms with Gasteiger partial charge in [-0.05, 0) is 0 Å². The summed E-state index contributed by atoms with van der Waals surface area (Å²) in [5.74, 6) is 0. The van der Waals surface area contributed by atoms with Gasteiger partial charge in [-0.3, -0.25) is 0 Å². The van der Waals surface area contributed by atoms with Crippen molar-refractivity contribution >= 4 is 0 Å². The Morgan fingerprint density at radius 2 is 0.909 bits per heavy atom. The van der Waals surface area contributed by atoms with Crippen LogP contribution in [0.1, 0.15) is 13.8 Å². The van der Waals surface area contributed by atoms with Crippen molar-refractivity contribution in [2.24, 2.45) is 10.8 Å². The number of rotatable bonds is 13. The predicted molar refractivity (Wildman–Crippen MR) is 81.1 cm³/mol. The van der Waals surface area contributed by atoms with E-state index in [-0.39, 0.29) is 10.8 Å². The van der Waals surface area contributed by atoms with Crippen molar-refractivity contribution in [3.63, 3.8) is 0 Å². The maximum absolute atomic E-state index is 5.57. The zero-order valence-corrected chi connectivity index (χ0v) is 13.9. The monoisotopic (exact) mass is 318 g/mol. The quantitative estimate of drug-likeness (QED) is 0.475. The first-order valence-corrected chi connectivity index (χ1v) is 8.09. The van der Waals surface area contributed by atoms with Gasteiger partial charge in [0.05, 0.1) is 79.3 Å². The molecule has 0 radical (unpaired) electrons. The summed E-state index contributed by atoms with van der Waals surface area (Å²) in [5.41, 5.74) is 0.428. The van der Waals surface area contributed by atoms with E-state index in [0.29, 0.717) is 39.6 Å². The first-order valence-electron chi connectivity index (χ1n) is 8.09. The van der Waals surface area contributed by atoms with Gasteiger partial charge in [-0.2, -0.15) is 0 Å². The molecule has 0 aromatic carbocycles. The summed E-state index contributed by atoms with van der Waals surface area (Å²) in [6, 6.07) is 0. The van der Waals surface area contributed by atoms with Crippen LogP contribution in [0, 0.1) is 10.8 Å². The number of ether oxygens (including phenoxy) is 6. The SMILES string of the molecule is CC1(COCCOCCOCCOCC2(C)COC2)COC1. The molecule has 2 aliphatic rings. The van der Waals surface area contributed by atoms with E-state index in [1.54, 1.807) is 0 Å². The van der Waals surface area contributed by atoms with Crippen LogP contribution in [0.3, 0.4) is 0 Å². The fraction of sp³-hybridized carbons (Fsp3) is 1.00. The summed E-state index contributed by atoms with van der Waals surface area (Å²) in [6.45, 7) is 12.7. The smallest absolute Gasteiger partial charge is 0.0701 e. The predicted octanol–water partition coefficient (Wildman–Crippen LogP) is 1.13. The molecule has 0 spiro atoms. The van der Waals surface area contributed by atoms with Crippen LogP contribution in [0.4, 0.5) is 0 Å². The third-order valence-electron chi connectivity index (χ3n) is 3.82. The zero-order valence-electron chi connectivity index (χ0n) is 13.9. The minimum absolute atomic E-state index is 0.214. The van der Waals surface area contributed by atoms with Crippen molar-refractivity contribution in [2.45, 2.75) is 13.8 Å². The molecule has 0 unspecified atom stereocenters. The highest BCUT2D eigenvalue weighted by atomic mass is 16.6. The van der Waals surface area contributed by atoms with Crippen LogP contribution in [0.15, 0.2) is 0 Å². The van der Waals surface area contributed by atoms with Gasteiger partial charge in [0.25, 0.3) is 0 Å². The molecule has 6 nitrogen and oxygen atoms in total. The average molecular weight is 318 g/mol. The molecule has 2 fully saturated rings. The van der Waals surface area contributed by atoms with Crippen LogP contribution in [-0.4, -0.2) is 79.3 Å². The minimum Gasteiger partial charge on any atom is -0.380 e. The third-order valence-corrected chi connectivity index (χ3v) is 3.82. The average Bonchev–Trinajstić information content (AvgIpc) is 2.44. The maximum Gasteiger partial charge on any atom is 0.0701 e. The minimum atomic E-state index is 0.214. The fourth-order valence-electron chi connectivity index (χ4n) is 2.26. The molecular formula is C16H30O6. The lowest BCUT2D eigenvalue weighted by atomic mass is 9.90. The molecule has 0 bridgehead atoms. The van der Waals surface area contributed by atoms with E-state index in [1.807, 2.05) is 0 Å². The first kappa shape index (κ1) is 18.1. The van der Waals surface area contributed by atoms with Gasteiger partial charge >= 0.3 is 0 Å². The molecule has 2 saturated heterocycles. The molecule has 0 N–H and O–H groups in total. The largest absolute Gasteiger partial charge is 0.380 e. The summed E-state index contributed by atoms with van der Waals surface area (Å²) in [5, 5.41) is 0. The van der Waals surface area contributed by atoms with Crippen LogP contribution in [0.5, 0.6) is 0 Å². The lowest BCUT2D eigenvalue weighted by molar-refractivity contribution is -0.142. The summed E-state index contributed by atoms with van der Waals surface area (Å²) >= 11 is 0. The fourth-order valence-corrected chi connectivity index (χ4v) is 2.26. The van der Waals surface area contributed by atoms with Crippen molar-refractivity contribution in [3.8, 4) is 0 Å². The summed E-state index contributed by atoms with van der Waals surface area (Å²) in [7, 11) is 0. The normalized spacial score (nSPS) is 22.1. The van der Waals surface area contributed by atoms with Gasteiger partial charge in [-0.25, -0.2) is 0 Å². The van der Waals surface area contributed by atoms with Gasteiger partial charge in [0.1, 0.15) is 0 Å². The molecule has 2 aliphatic heterocycles. The van der Waals surface area contributed by atoms with E-state index in [4.69, 9.17) is 28.4 Å². The van der Waals surface area contributed by atoms with Crippen LogP contribution in [0.2, 0.25) is 0 Å². The van der Waals surface area contributed by atoms with Crippen LogP contribution in [-0.2, 0) is 28.4 Å². The Bertz CT molecular complexity index is 271. The Kier molecular flexibility index (Phi) is 7.53. The number of hydrogen-bond donors (Lipinski definition) is 0. The van der Waals surface area contributed by atoms with Crippen molar-refractivity contribution in [2.75, 3.05) is 79.3 Å². The van der Waals surface area contributed by atoms with Crippen molar-refractivity contribution in [1.29, 1.82) is 0 Å². The van der Waals surface area contributed by atoms with Gasteiger partial charge in [0.15, 0.2) is 0 Å². The van der Waals surface area contributed by atoms with E-state index in [1.165, 1.54) is 0 Å². The second-order valence-electron chi connectivity index (χ2n) is 6.94. The number of hydrogen-bond acceptors (Lipinski definition) is 6. The van der Waals surface area contributed by atoms with Gasteiger partial charge in [-0.15, -0.1) is 0 Å². The molecule has 6 heteroatoms. The van der Waals surface area contributed by atoms with Gasteiger partial charge in [-0.1, -0.05) is 13.8 Å². The van der Waals surface area contributed by atoms with E-state index >= 15 is 0 Å². The topological polar surface area (TPSA) is 55.4 Å². The lowest BCUT2D eigenvalue weighted by Crippen LogP contribution is -2.43. The molecule has 0 aliphatic carbocycles. The van der Waals surface area contributed by atoms with Crippen molar-refractivity contribution in [3.05, 3.63) is 0 Å². The van der Waals surface area contributed by atoms with E-state index in [2.05, 4.69) is 13.8 Å². The Hall–Kier alpha value is -0.240. The molecule has 0 saturated carbocycles. The highest BCUT2D eigenvalue weighted by Crippen LogP contribution is 2.26. The second kappa shape index (κ2) is 9.15. The third kappa shape index (κ3) is 6.48. The standard InChI is InChI=1S/C16H30O6/c1-15(11-21-12-15)9-19-7-5-17-3-4-18-6-8-20-10-16(2)13-22-14-16/h3-14H2,1-2H3. The highest BCUT2D eigenvalue weighted by molar-refractivity contribution is 4.80. The first-order chi connectivity index (χ1) is 10.6. The van der Waals surface area contributed by atoms with Gasteiger partial charge in [0, 0.05) is 10.8 Å². The molecule has 0 atom stereocenters. The Morgan fingerprint density at radius 1 is 0.591 bits per heavy atom. The summed E-state index contributed by atoms with van der Waals surface area (Å²) < 4.78 is 32.4. The van der Waals surface area contributed by atoms with E-state index in [9.17, 15) is 0 Å². The Labute approximate surface area is 133 Å². The Morgan fingerprint density at radius 3 is 1.18 bits per heavy atom. The maximum atomic E-state index is 5.57. The second-order valence-corrected chi connectivity index (χ2v) is 6.94. The van der Waals surface area contributed by atoms with Crippen LogP contribution < -0.4 is 0 Å². The highest BCUT2D eigenvalue weighted by Gasteiger charge is 2.34. The molecule has 22 heavy (non-hydrogen) atoms. The molecule has 0 aromatic rings. The van der Waals surface area contributed by atoms with Gasteiger partial charge in [0.2, 0.25) is 0 Å².